The minimum atomic E-state index is 0.117. The fraction of sp³-hybridized carbons (Fsp3) is 0.333. The predicted molar refractivity (Wildman–Crippen MR) is 161 cm³/mol. The van der Waals surface area contributed by atoms with Crippen LogP contribution in [0.5, 0.6) is 0 Å². The second-order valence-electron chi connectivity index (χ2n) is 7.11. The van der Waals surface area contributed by atoms with Crippen LogP contribution in [0, 0.1) is 0 Å². The summed E-state index contributed by atoms with van der Waals surface area (Å²) in [5.74, 6) is 1.05. The fourth-order valence-electron chi connectivity index (χ4n) is 2.73. The van der Waals surface area contributed by atoms with Crippen molar-refractivity contribution in [2.75, 3.05) is 24.6 Å². The second kappa shape index (κ2) is 18.3. The highest BCUT2D eigenvalue weighted by molar-refractivity contribution is 8.84. The van der Waals surface area contributed by atoms with Gasteiger partial charge in [-0.3, -0.25) is 9.59 Å². The zero-order valence-electron chi connectivity index (χ0n) is 18.7. The van der Waals surface area contributed by atoms with Gasteiger partial charge in [0.25, 0.3) is 0 Å². The van der Waals surface area contributed by atoms with E-state index in [1.165, 1.54) is 43.2 Å². The van der Waals surface area contributed by atoms with E-state index in [1.54, 1.807) is 0 Å². The molecule has 2 aromatic rings. The topological polar surface area (TPSA) is 58.2 Å². The van der Waals surface area contributed by atoms with E-state index in [4.69, 9.17) is 24.4 Å². The third kappa shape index (κ3) is 13.2. The van der Waals surface area contributed by atoms with Crippen LogP contribution in [-0.4, -0.2) is 44.8 Å². The monoisotopic (exact) mass is 568 g/mol. The van der Waals surface area contributed by atoms with Gasteiger partial charge in [0.05, 0.1) is 11.5 Å². The Balaban J connectivity index is 1.38. The number of Topliss-reactive ketones (excluding diaryl/α,β-unsaturated/α-hetero) is 2. The molecule has 2 N–H and O–H groups in total. The SMILES string of the molecule is O=C(CSSC(=S)NCCCCCCNC(=S)SSCC(=O)c1ccccc1)c1ccccc1. The van der Waals surface area contributed by atoms with Crippen LogP contribution in [0.3, 0.4) is 0 Å². The standard InChI is InChI=1S/C24H28N2O2S6/c27-21(19-11-5-3-6-12-19)17-31-33-23(29)25-15-9-1-2-10-16-26-24(30)34-32-18-22(28)20-13-7-4-8-14-20/h3-8,11-14H,1-2,9-10,15-18H2,(H,25,29)(H,26,30). The number of hydrogen-bond acceptors (Lipinski definition) is 8. The van der Waals surface area contributed by atoms with Crippen molar-refractivity contribution in [2.24, 2.45) is 0 Å². The number of carbonyl (C=O) groups excluding carboxylic acids is 2. The smallest absolute Gasteiger partial charge is 0.173 e. The number of ketones is 2. The number of nitrogens with one attached hydrogen (secondary N) is 2. The Morgan fingerprint density at radius 3 is 1.38 bits per heavy atom. The summed E-state index contributed by atoms with van der Waals surface area (Å²) in [5, 5.41) is 6.48. The molecule has 0 fully saturated rings. The number of benzene rings is 2. The first-order chi connectivity index (χ1) is 16.6. The van der Waals surface area contributed by atoms with Gasteiger partial charge in [0, 0.05) is 24.2 Å². The van der Waals surface area contributed by atoms with E-state index in [1.807, 2.05) is 60.7 Å². The van der Waals surface area contributed by atoms with Crippen molar-refractivity contribution < 1.29 is 9.59 Å². The van der Waals surface area contributed by atoms with Crippen molar-refractivity contribution >= 4 is 87.8 Å². The summed E-state index contributed by atoms with van der Waals surface area (Å²) < 4.78 is 1.44. The maximum Gasteiger partial charge on any atom is 0.173 e. The van der Waals surface area contributed by atoms with E-state index in [-0.39, 0.29) is 11.6 Å². The molecule has 0 saturated heterocycles. The van der Waals surface area contributed by atoms with E-state index in [0.29, 0.717) is 11.5 Å². The van der Waals surface area contributed by atoms with Crippen molar-refractivity contribution in [1.29, 1.82) is 0 Å². The summed E-state index contributed by atoms with van der Waals surface area (Å²) in [5.41, 5.74) is 1.47. The Morgan fingerprint density at radius 2 is 1.00 bits per heavy atom. The summed E-state index contributed by atoms with van der Waals surface area (Å²) in [4.78, 5) is 24.1. The molecule has 0 aromatic heterocycles. The number of carbonyl (C=O) groups is 2. The molecule has 34 heavy (non-hydrogen) atoms. The third-order valence-electron chi connectivity index (χ3n) is 4.48. The van der Waals surface area contributed by atoms with E-state index in [9.17, 15) is 9.59 Å². The van der Waals surface area contributed by atoms with Gasteiger partial charge < -0.3 is 10.6 Å². The largest absolute Gasteiger partial charge is 0.370 e. The summed E-state index contributed by atoms with van der Waals surface area (Å²) in [6, 6.07) is 18.6. The molecule has 0 aliphatic carbocycles. The lowest BCUT2D eigenvalue weighted by Gasteiger charge is -2.08. The third-order valence-corrected chi connectivity index (χ3v) is 9.91. The Labute approximate surface area is 228 Å². The first-order valence-corrected chi connectivity index (χ1v) is 16.3. The zero-order chi connectivity index (χ0) is 24.4. The van der Waals surface area contributed by atoms with Gasteiger partial charge in [-0.15, -0.1) is 0 Å². The second-order valence-corrected chi connectivity index (χ2v) is 13.1. The first-order valence-electron chi connectivity index (χ1n) is 10.9. The maximum absolute atomic E-state index is 12.1. The van der Waals surface area contributed by atoms with E-state index >= 15 is 0 Å². The van der Waals surface area contributed by atoms with Crippen molar-refractivity contribution in [3.63, 3.8) is 0 Å². The Hall–Kier alpha value is -1.04. The Kier molecular flexibility index (Phi) is 15.7. The minimum Gasteiger partial charge on any atom is -0.370 e. The lowest BCUT2D eigenvalue weighted by Crippen LogP contribution is -2.20. The van der Waals surface area contributed by atoms with Gasteiger partial charge in [-0.05, 0) is 34.4 Å². The molecule has 4 nitrogen and oxygen atoms in total. The van der Waals surface area contributed by atoms with Gasteiger partial charge >= 0.3 is 0 Å². The van der Waals surface area contributed by atoms with Crippen LogP contribution >= 0.6 is 67.6 Å². The van der Waals surface area contributed by atoms with E-state index < -0.39 is 0 Å². The van der Waals surface area contributed by atoms with Gasteiger partial charge in [0.2, 0.25) is 0 Å². The first kappa shape index (κ1) is 29.2. The summed E-state index contributed by atoms with van der Waals surface area (Å²) in [6.45, 7) is 1.68. The zero-order valence-corrected chi connectivity index (χ0v) is 23.6. The molecule has 0 spiro atoms. The molecule has 0 saturated carbocycles. The predicted octanol–water partition coefficient (Wildman–Crippen LogP) is 6.82. The highest BCUT2D eigenvalue weighted by atomic mass is 33.1. The van der Waals surface area contributed by atoms with Crippen molar-refractivity contribution in [1.82, 2.24) is 10.6 Å². The van der Waals surface area contributed by atoms with Gasteiger partial charge in [-0.1, -0.05) is 120 Å². The highest BCUT2D eigenvalue weighted by Gasteiger charge is 2.08. The average Bonchev–Trinajstić information content (AvgIpc) is 2.86. The summed E-state index contributed by atoms with van der Waals surface area (Å²) in [7, 11) is 5.83. The molecule has 182 valence electrons. The van der Waals surface area contributed by atoms with Crippen molar-refractivity contribution in [3.05, 3.63) is 71.8 Å². The molecule has 2 rings (SSSR count). The Morgan fingerprint density at radius 1 is 0.618 bits per heavy atom. The van der Waals surface area contributed by atoms with Crippen LogP contribution in [0.2, 0.25) is 0 Å². The maximum atomic E-state index is 12.1. The van der Waals surface area contributed by atoms with Crippen LogP contribution in [0.1, 0.15) is 46.4 Å². The molecule has 0 atom stereocenters. The van der Waals surface area contributed by atoms with Gasteiger partial charge in [-0.2, -0.15) is 0 Å². The molecule has 2 aromatic carbocycles. The number of thiocarbonyl (C=S) groups is 2. The molecular formula is C24H28N2O2S6. The molecule has 0 radical (unpaired) electrons. The quantitative estimate of drug-likeness (QED) is 0.104. The molecular weight excluding hydrogens is 541 g/mol. The lowest BCUT2D eigenvalue weighted by molar-refractivity contribution is 0.101. The molecule has 0 bridgehead atoms. The average molecular weight is 569 g/mol. The van der Waals surface area contributed by atoms with Crippen molar-refractivity contribution in [2.45, 2.75) is 25.7 Å². The number of unbranched alkanes of at least 4 members (excludes halogenated alkanes) is 3. The highest BCUT2D eigenvalue weighted by Crippen LogP contribution is 2.24. The van der Waals surface area contributed by atoms with Crippen molar-refractivity contribution in [3.8, 4) is 0 Å². The minimum absolute atomic E-state index is 0.117. The summed E-state index contributed by atoms with van der Waals surface area (Å²) >= 11 is 10.6. The molecule has 0 heterocycles. The van der Waals surface area contributed by atoms with Crippen LogP contribution in [0.25, 0.3) is 0 Å². The van der Waals surface area contributed by atoms with Crippen LogP contribution < -0.4 is 10.6 Å². The lowest BCUT2D eigenvalue weighted by atomic mass is 10.2. The number of hydrogen-bond donors (Lipinski definition) is 2. The molecule has 0 aliphatic rings. The van der Waals surface area contributed by atoms with Gasteiger partial charge in [0.1, 0.15) is 8.64 Å². The normalized spacial score (nSPS) is 10.5. The van der Waals surface area contributed by atoms with Gasteiger partial charge in [-0.25, -0.2) is 0 Å². The van der Waals surface area contributed by atoms with Crippen LogP contribution in [0.15, 0.2) is 60.7 Å². The van der Waals surface area contributed by atoms with Crippen LogP contribution in [0.4, 0.5) is 0 Å². The fourth-order valence-corrected chi connectivity index (χ4v) is 6.99. The molecule has 10 heteroatoms. The Bertz CT molecular complexity index is 837. The van der Waals surface area contributed by atoms with Gasteiger partial charge in [0.15, 0.2) is 11.6 Å². The van der Waals surface area contributed by atoms with Crippen LogP contribution in [-0.2, 0) is 0 Å². The van der Waals surface area contributed by atoms with E-state index in [2.05, 4.69) is 10.6 Å². The molecule has 0 aliphatic heterocycles. The molecule has 0 unspecified atom stereocenters. The number of rotatable bonds is 15. The van der Waals surface area contributed by atoms with E-state index in [0.717, 1.165) is 58.5 Å². The summed E-state index contributed by atoms with van der Waals surface area (Å²) in [6.07, 6.45) is 4.32. The molecule has 0 amide bonds.